The summed E-state index contributed by atoms with van der Waals surface area (Å²) in [5.74, 6) is 0. The van der Waals surface area contributed by atoms with E-state index >= 15 is 0 Å². The van der Waals surface area contributed by atoms with E-state index in [2.05, 4.69) is 0 Å². The Morgan fingerprint density at radius 1 is 1.35 bits per heavy atom. The van der Waals surface area contributed by atoms with Crippen LogP contribution in [0.1, 0.15) is 52.9 Å². The lowest BCUT2D eigenvalue weighted by molar-refractivity contribution is 0.0143. The van der Waals surface area contributed by atoms with Crippen LogP contribution in [0.4, 0.5) is 4.79 Å². The van der Waals surface area contributed by atoms with E-state index in [0.717, 1.165) is 32.2 Å². The number of aliphatic hydroxyl groups excluding tert-OH is 1. The maximum absolute atomic E-state index is 12.1. The number of amides is 1. The number of likely N-dealkylation sites (tertiary alicyclic amines) is 1. The first kappa shape index (κ1) is 14.3. The van der Waals surface area contributed by atoms with Gasteiger partial charge in [-0.15, -0.1) is 0 Å². The summed E-state index contributed by atoms with van der Waals surface area (Å²) in [6.45, 7) is 6.51. The molecule has 0 aromatic heterocycles. The third-order valence-corrected chi connectivity index (χ3v) is 2.97. The molecule has 17 heavy (non-hydrogen) atoms. The van der Waals surface area contributed by atoms with Gasteiger partial charge in [-0.3, -0.25) is 0 Å². The third kappa shape index (κ3) is 4.94. The van der Waals surface area contributed by atoms with Crippen LogP contribution in [0.3, 0.4) is 0 Å². The summed E-state index contributed by atoms with van der Waals surface area (Å²) in [5, 5.41) is 9.06. The standard InChI is InChI=1S/C13H25NO3/c1-13(2,3)17-12(16)14-9-6-4-5-7-11(14)8-10-15/h11,15H,4-10H2,1-3H3. The van der Waals surface area contributed by atoms with Crippen molar-refractivity contribution >= 4 is 6.09 Å². The zero-order valence-electron chi connectivity index (χ0n) is 11.2. The van der Waals surface area contributed by atoms with Crippen LogP contribution in [0.2, 0.25) is 0 Å². The van der Waals surface area contributed by atoms with Gasteiger partial charge in [0, 0.05) is 19.2 Å². The van der Waals surface area contributed by atoms with E-state index in [0.29, 0.717) is 6.42 Å². The van der Waals surface area contributed by atoms with Crippen molar-refractivity contribution in [3.05, 3.63) is 0 Å². The molecule has 1 atom stereocenters. The first-order valence-corrected chi connectivity index (χ1v) is 6.54. The highest BCUT2D eigenvalue weighted by molar-refractivity contribution is 5.68. The van der Waals surface area contributed by atoms with Crippen LogP contribution in [-0.2, 0) is 4.74 Å². The fourth-order valence-corrected chi connectivity index (χ4v) is 2.19. The van der Waals surface area contributed by atoms with Crippen LogP contribution < -0.4 is 0 Å². The van der Waals surface area contributed by atoms with Crippen LogP contribution >= 0.6 is 0 Å². The summed E-state index contributed by atoms with van der Waals surface area (Å²) < 4.78 is 5.41. The molecule has 100 valence electrons. The Kier molecular flexibility index (Phi) is 5.25. The van der Waals surface area contributed by atoms with Crippen molar-refractivity contribution < 1.29 is 14.6 Å². The zero-order valence-corrected chi connectivity index (χ0v) is 11.2. The number of hydrogen-bond acceptors (Lipinski definition) is 3. The molecule has 0 spiro atoms. The van der Waals surface area contributed by atoms with Gasteiger partial charge < -0.3 is 14.7 Å². The predicted molar refractivity (Wildman–Crippen MR) is 66.9 cm³/mol. The van der Waals surface area contributed by atoms with E-state index in [1.165, 1.54) is 0 Å². The SMILES string of the molecule is CC(C)(C)OC(=O)N1CCCCCC1CCO. The first-order chi connectivity index (χ1) is 7.94. The van der Waals surface area contributed by atoms with E-state index in [9.17, 15) is 4.79 Å². The first-order valence-electron chi connectivity index (χ1n) is 6.54. The van der Waals surface area contributed by atoms with Gasteiger partial charge in [0.15, 0.2) is 0 Å². The lowest BCUT2D eigenvalue weighted by Crippen LogP contribution is -2.43. The molecule has 0 aliphatic carbocycles. The Morgan fingerprint density at radius 3 is 2.65 bits per heavy atom. The lowest BCUT2D eigenvalue weighted by Gasteiger charge is -2.32. The molecule has 1 rings (SSSR count). The van der Waals surface area contributed by atoms with Crippen LogP contribution in [0.25, 0.3) is 0 Å². The van der Waals surface area contributed by atoms with Gasteiger partial charge in [0.1, 0.15) is 5.60 Å². The molecule has 1 aliphatic heterocycles. The minimum absolute atomic E-state index is 0.129. The second-order valence-electron chi connectivity index (χ2n) is 5.69. The smallest absolute Gasteiger partial charge is 0.410 e. The number of hydrogen-bond donors (Lipinski definition) is 1. The highest BCUT2D eigenvalue weighted by Crippen LogP contribution is 2.21. The van der Waals surface area contributed by atoms with E-state index in [1.54, 1.807) is 4.90 Å². The molecule has 4 nitrogen and oxygen atoms in total. The Hall–Kier alpha value is -0.770. The monoisotopic (exact) mass is 243 g/mol. The second-order valence-corrected chi connectivity index (χ2v) is 5.69. The molecule has 1 heterocycles. The van der Waals surface area contributed by atoms with Crippen molar-refractivity contribution in [3.8, 4) is 0 Å². The van der Waals surface area contributed by atoms with E-state index in [4.69, 9.17) is 9.84 Å². The fourth-order valence-electron chi connectivity index (χ4n) is 2.19. The Labute approximate surface area is 104 Å². The van der Waals surface area contributed by atoms with Gasteiger partial charge in [-0.2, -0.15) is 0 Å². The molecule has 4 heteroatoms. The van der Waals surface area contributed by atoms with Crippen LogP contribution in [0.5, 0.6) is 0 Å². The van der Waals surface area contributed by atoms with Crippen LogP contribution in [-0.4, -0.2) is 40.9 Å². The number of nitrogens with zero attached hydrogens (tertiary/aromatic N) is 1. The second kappa shape index (κ2) is 6.24. The van der Waals surface area contributed by atoms with Crippen LogP contribution in [0.15, 0.2) is 0 Å². The summed E-state index contributed by atoms with van der Waals surface area (Å²) >= 11 is 0. The highest BCUT2D eigenvalue weighted by Gasteiger charge is 2.28. The van der Waals surface area contributed by atoms with Crippen LogP contribution in [0, 0.1) is 0 Å². The quantitative estimate of drug-likeness (QED) is 0.811. The van der Waals surface area contributed by atoms with Gasteiger partial charge in [0.25, 0.3) is 0 Å². The molecule has 1 N–H and O–H groups in total. The topological polar surface area (TPSA) is 49.8 Å². The number of aliphatic hydroxyl groups is 1. The van der Waals surface area contributed by atoms with Gasteiger partial charge in [0.05, 0.1) is 0 Å². The summed E-state index contributed by atoms with van der Waals surface area (Å²) in [6.07, 6.45) is 4.70. The molecule has 0 radical (unpaired) electrons. The average Bonchev–Trinajstić information content (AvgIpc) is 2.41. The Morgan fingerprint density at radius 2 is 2.06 bits per heavy atom. The largest absolute Gasteiger partial charge is 0.444 e. The molecule has 0 aromatic rings. The molecule has 0 aromatic carbocycles. The number of ether oxygens (including phenoxy) is 1. The molecule has 0 saturated carbocycles. The number of rotatable bonds is 2. The van der Waals surface area contributed by atoms with Gasteiger partial charge in [-0.1, -0.05) is 12.8 Å². The fraction of sp³-hybridized carbons (Fsp3) is 0.923. The van der Waals surface area contributed by atoms with Gasteiger partial charge in [-0.05, 0) is 40.0 Å². The summed E-state index contributed by atoms with van der Waals surface area (Å²) in [6, 6.07) is 0.136. The molecule has 1 fully saturated rings. The molecular formula is C13H25NO3. The van der Waals surface area contributed by atoms with Gasteiger partial charge in [0.2, 0.25) is 0 Å². The summed E-state index contributed by atoms with van der Waals surface area (Å²) in [7, 11) is 0. The van der Waals surface area contributed by atoms with Gasteiger partial charge >= 0.3 is 6.09 Å². The molecule has 1 amide bonds. The average molecular weight is 243 g/mol. The maximum atomic E-state index is 12.1. The lowest BCUT2D eigenvalue weighted by atomic mass is 10.1. The molecule has 0 bridgehead atoms. The number of carbonyl (C=O) groups excluding carboxylic acids is 1. The highest BCUT2D eigenvalue weighted by atomic mass is 16.6. The van der Waals surface area contributed by atoms with E-state index in [1.807, 2.05) is 20.8 Å². The van der Waals surface area contributed by atoms with Crippen molar-refractivity contribution in [3.63, 3.8) is 0 Å². The third-order valence-electron chi connectivity index (χ3n) is 2.97. The Balaban J connectivity index is 2.64. The Bertz CT molecular complexity index is 248. The zero-order chi connectivity index (χ0) is 12.9. The minimum atomic E-state index is -0.451. The van der Waals surface area contributed by atoms with E-state index in [-0.39, 0.29) is 18.7 Å². The van der Waals surface area contributed by atoms with Crippen molar-refractivity contribution in [1.82, 2.24) is 4.90 Å². The molecule has 1 aliphatic rings. The molecule has 1 unspecified atom stereocenters. The maximum Gasteiger partial charge on any atom is 0.410 e. The normalized spacial score (nSPS) is 22.1. The molecule has 1 saturated heterocycles. The number of carbonyl (C=O) groups is 1. The minimum Gasteiger partial charge on any atom is -0.444 e. The van der Waals surface area contributed by atoms with Crippen molar-refractivity contribution in [2.24, 2.45) is 0 Å². The molecular weight excluding hydrogens is 218 g/mol. The van der Waals surface area contributed by atoms with Crippen molar-refractivity contribution in [1.29, 1.82) is 0 Å². The van der Waals surface area contributed by atoms with E-state index < -0.39 is 5.60 Å². The van der Waals surface area contributed by atoms with Crippen molar-refractivity contribution in [2.75, 3.05) is 13.2 Å². The predicted octanol–water partition coefficient (Wildman–Crippen LogP) is 2.55. The summed E-state index contributed by atoms with van der Waals surface area (Å²) in [5.41, 5.74) is -0.451. The van der Waals surface area contributed by atoms with Crippen molar-refractivity contribution in [2.45, 2.75) is 64.5 Å². The summed E-state index contributed by atoms with van der Waals surface area (Å²) in [4.78, 5) is 13.9. The van der Waals surface area contributed by atoms with Gasteiger partial charge in [-0.25, -0.2) is 4.79 Å².